The largest absolute Gasteiger partial charge is 0.379 e. The van der Waals surface area contributed by atoms with E-state index in [0.29, 0.717) is 19.8 Å². The van der Waals surface area contributed by atoms with Gasteiger partial charge in [0.05, 0.1) is 18.6 Å². The van der Waals surface area contributed by atoms with Gasteiger partial charge in [-0.25, -0.2) is 4.98 Å². The number of rotatable bonds is 4. The van der Waals surface area contributed by atoms with Crippen molar-refractivity contribution < 1.29 is 4.74 Å². The number of nitrogens with one attached hydrogen (secondary N) is 1. The number of H-pyrrole nitrogens is 1. The molecule has 78 valence electrons. The smallest absolute Gasteiger partial charge is 0.118 e. The molecule has 0 atom stereocenters. The van der Waals surface area contributed by atoms with Gasteiger partial charge in [0.15, 0.2) is 0 Å². The molecule has 4 heteroatoms. The van der Waals surface area contributed by atoms with Crippen molar-refractivity contribution in [3.05, 3.63) is 17.7 Å². The Labute approximate surface area is 83.9 Å². The summed E-state index contributed by atoms with van der Waals surface area (Å²) in [5.74, 6) is 0.995. The fourth-order valence-corrected chi connectivity index (χ4v) is 1.72. The van der Waals surface area contributed by atoms with E-state index in [1.54, 1.807) is 0 Å². The van der Waals surface area contributed by atoms with Gasteiger partial charge in [0.2, 0.25) is 0 Å². The molecule has 0 amide bonds. The van der Waals surface area contributed by atoms with E-state index >= 15 is 0 Å². The van der Waals surface area contributed by atoms with Crippen LogP contribution in [0.15, 0.2) is 6.20 Å². The van der Waals surface area contributed by atoms with Gasteiger partial charge >= 0.3 is 0 Å². The van der Waals surface area contributed by atoms with Gasteiger partial charge in [0.25, 0.3) is 0 Å². The van der Waals surface area contributed by atoms with Gasteiger partial charge in [0, 0.05) is 18.4 Å². The first-order valence-electron chi connectivity index (χ1n) is 5.13. The Morgan fingerprint density at radius 2 is 2.43 bits per heavy atom. The number of hydrogen-bond acceptors (Lipinski definition) is 3. The average Bonchev–Trinajstić information content (AvgIpc) is 2.54. The van der Waals surface area contributed by atoms with E-state index in [1.807, 2.05) is 6.20 Å². The van der Waals surface area contributed by atoms with Crippen molar-refractivity contribution in [2.75, 3.05) is 19.8 Å². The number of nitrogens with two attached hydrogens (primary N) is 1. The lowest BCUT2D eigenvalue weighted by Crippen LogP contribution is -2.52. The second kappa shape index (κ2) is 3.71. The van der Waals surface area contributed by atoms with Crippen LogP contribution in [-0.4, -0.2) is 29.7 Å². The average molecular weight is 195 g/mol. The summed E-state index contributed by atoms with van der Waals surface area (Å²) >= 11 is 0. The number of aromatic nitrogens is 2. The highest BCUT2D eigenvalue weighted by Crippen LogP contribution is 2.28. The standard InChI is InChI=1S/C10H17N3O/c1-2-3-8-4-12-9(13-8)10(5-11)6-14-7-10/h4H,2-3,5-7,11H2,1H3,(H,12,13). The van der Waals surface area contributed by atoms with Crippen molar-refractivity contribution in [2.24, 2.45) is 5.73 Å². The zero-order chi connectivity index (χ0) is 10.0. The normalized spacial score (nSPS) is 19.3. The maximum absolute atomic E-state index is 5.74. The van der Waals surface area contributed by atoms with Crippen LogP contribution in [0.2, 0.25) is 0 Å². The third kappa shape index (κ3) is 1.44. The highest BCUT2D eigenvalue weighted by molar-refractivity contribution is 5.16. The molecule has 14 heavy (non-hydrogen) atoms. The van der Waals surface area contributed by atoms with Crippen molar-refractivity contribution in [2.45, 2.75) is 25.2 Å². The zero-order valence-electron chi connectivity index (χ0n) is 8.55. The highest BCUT2D eigenvalue weighted by Gasteiger charge is 2.41. The van der Waals surface area contributed by atoms with E-state index in [0.717, 1.165) is 18.7 Å². The summed E-state index contributed by atoms with van der Waals surface area (Å²) in [6.45, 7) is 4.16. The molecule has 1 fully saturated rings. The quantitative estimate of drug-likeness (QED) is 0.739. The third-order valence-electron chi connectivity index (χ3n) is 2.80. The van der Waals surface area contributed by atoms with Crippen LogP contribution in [0.5, 0.6) is 0 Å². The Bertz CT molecular complexity index is 299. The van der Waals surface area contributed by atoms with Crippen LogP contribution < -0.4 is 5.73 Å². The molecule has 4 nitrogen and oxygen atoms in total. The molecule has 0 spiro atoms. The number of aryl methyl sites for hydroxylation is 1. The van der Waals surface area contributed by atoms with Crippen molar-refractivity contribution in [1.82, 2.24) is 9.97 Å². The molecule has 0 saturated carbocycles. The monoisotopic (exact) mass is 195 g/mol. The number of hydrogen-bond donors (Lipinski definition) is 2. The van der Waals surface area contributed by atoms with Gasteiger partial charge in [-0.3, -0.25) is 0 Å². The Kier molecular flexibility index (Phi) is 2.56. The summed E-state index contributed by atoms with van der Waals surface area (Å²) < 4.78 is 5.21. The molecule has 2 heterocycles. The van der Waals surface area contributed by atoms with Crippen LogP contribution in [0.25, 0.3) is 0 Å². The molecular weight excluding hydrogens is 178 g/mol. The molecular formula is C10H17N3O. The predicted octanol–water partition coefficient (Wildman–Crippen LogP) is 0.589. The van der Waals surface area contributed by atoms with Crippen LogP contribution >= 0.6 is 0 Å². The Morgan fingerprint density at radius 3 is 2.93 bits per heavy atom. The summed E-state index contributed by atoms with van der Waals surface area (Å²) in [5, 5.41) is 0. The molecule has 3 N–H and O–H groups in total. The molecule has 0 radical (unpaired) electrons. The number of ether oxygens (including phenoxy) is 1. The van der Waals surface area contributed by atoms with Crippen LogP contribution in [0.3, 0.4) is 0 Å². The Morgan fingerprint density at radius 1 is 1.64 bits per heavy atom. The van der Waals surface area contributed by atoms with Crippen molar-refractivity contribution in [3.63, 3.8) is 0 Å². The molecule has 0 aliphatic carbocycles. The van der Waals surface area contributed by atoms with Gasteiger partial charge in [-0.15, -0.1) is 0 Å². The maximum Gasteiger partial charge on any atom is 0.118 e. The number of nitrogens with zero attached hydrogens (tertiary/aromatic N) is 1. The molecule has 1 aromatic heterocycles. The fourth-order valence-electron chi connectivity index (χ4n) is 1.72. The van der Waals surface area contributed by atoms with E-state index in [4.69, 9.17) is 10.5 Å². The number of aromatic amines is 1. The molecule has 1 saturated heterocycles. The Balaban J connectivity index is 2.15. The van der Waals surface area contributed by atoms with Crippen LogP contribution in [0.4, 0.5) is 0 Å². The van der Waals surface area contributed by atoms with Gasteiger partial charge in [-0.05, 0) is 6.42 Å². The predicted molar refractivity (Wildman–Crippen MR) is 54.1 cm³/mol. The SMILES string of the molecule is CCCc1cnc(C2(CN)COC2)[nH]1. The van der Waals surface area contributed by atoms with E-state index in [9.17, 15) is 0 Å². The van der Waals surface area contributed by atoms with Crippen molar-refractivity contribution in [1.29, 1.82) is 0 Å². The van der Waals surface area contributed by atoms with Gasteiger partial charge in [-0.2, -0.15) is 0 Å². The minimum atomic E-state index is -0.0357. The van der Waals surface area contributed by atoms with E-state index in [2.05, 4.69) is 16.9 Å². The second-order valence-electron chi connectivity index (χ2n) is 3.98. The van der Waals surface area contributed by atoms with Gasteiger partial charge in [0.1, 0.15) is 5.82 Å². The van der Waals surface area contributed by atoms with E-state index < -0.39 is 0 Å². The first-order chi connectivity index (χ1) is 6.80. The number of imidazole rings is 1. The van der Waals surface area contributed by atoms with Crippen LogP contribution in [0.1, 0.15) is 24.9 Å². The van der Waals surface area contributed by atoms with E-state index in [-0.39, 0.29) is 5.41 Å². The molecule has 0 aromatic carbocycles. The molecule has 1 aliphatic heterocycles. The molecule has 2 rings (SSSR count). The van der Waals surface area contributed by atoms with Crippen molar-refractivity contribution in [3.8, 4) is 0 Å². The van der Waals surface area contributed by atoms with Gasteiger partial charge < -0.3 is 15.5 Å². The summed E-state index contributed by atoms with van der Waals surface area (Å²) in [6.07, 6.45) is 4.09. The maximum atomic E-state index is 5.74. The van der Waals surface area contributed by atoms with Crippen LogP contribution in [-0.2, 0) is 16.6 Å². The highest BCUT2D eigenvalue weighted by atomic mass is 16.5. The lowest BCUT2D eigenvalue weighted by atomic mass is 9.85. The first kappa shape index (κ1) is 9.68. The lowest BCUT2D eigenvalue weighted by Gasteiger charge is -2.38. The third-order valence-corrected chi connectivity index (χ3v) is 2.80. The first-order valence-corrected chi connectivity index (χ1v) is 5.13. The second-order valence-corrected chi connectivity index (χ2v) is 3.98. The molecule has 0 bridgehead atoms. The van der Waals surface area contributed by atoms with Gasteiger partial charge in [-0.1, -0.05) is 13.3 Å². The van der Waals surface area contributed by atoms with Crippen LogP contribution in [0, 0.1) is 0 Å². The summed E-state index contributed by atoms with van der Waals surface area (Å²) in [5.41, 5.74) is 6.90. The molecule has 1 aromatic rings. The minimum absolute atomic E-state index is 0.0357. The van der Waals surface area contributed by atoms with Crippen molar-refractivity contribution >= 4 is 0 Å². The summed E-state index contributed by atoms with van der Waals surface area (Å²) in [6, 6.07) is 0. The molecule has 1 aliphatic rings. The zero-order valence-corrected chi connectivity index (χ0v) is 8.55. The Hall–Kier alpha value is -0.870. The lowest BCUT2D eigenvalue weighted by molar-refractivity contribution is -0.0590. The van der Waals surface area contributed by atoms with E-state index in [1.165, 1.54) is 5.69 Å². The minimum Gasteiger partial charge on any atom is -0.379 e. The summed E-state index contributed by atoms with van der Waals surface area (Å²) in [4.78, 5) is 7.72. The topological polar surface area (TPSA) is 63.9 Å². The summed E-state index contributed by atoms with van der Waals surface area (Å²) in [7, 11) is 0. The fraction of sp³-hybridized carbons (Fsp3) is 0.700. The molecule has 0 unspecified atom stereocenters.